The van der Waals surface area contributed by atoms with Gasteiger partial charge < -0.3 is 18.1 Å². The molecule has 4 aliphatic heterocycles. The topological polar surface area (TPSA) is 75.0 Å². The smallest absolute Gasteiger partial charge is 0.377 e. The van der Waals surface area contributed by atoms with Gasteiger partial charge in [0.15, 0.2) is 0 Å². The lowest BCUT2D eigenvalue weighted by atomic mass is 9.85. The summed E-state index contributed by atoms with van der Waals surface area (Å²) in [5.74, 6) is 0. The molecular formula is C68H62N4O2Si. The average molecular weight is 995 g/mol. The van der Waals surface area contributed by atoms with E-state index in [0.29, 0.717) is 22.1 Å². The predicted molar refractivity (Wildman–Crippen MR) is 320 cm³/mol. The molecule has 0 saturated heterocycles. The van der Waals surface area contributed by atoms with Crippen LogP contribution in [0.4, 0.5) is 0 Å². The molecule has 6 heterocycles. The van der Waals surface area contributed by atoms with Gasteiger partial charge in [0.2, 0.25) is 0 Å². The fourth-order valence-corrected chi connectivity index (χ4v) is 14.5. The van der Waals surface area contributed by atoms with E-state index in [9.17, 15) is 9.59 Å². The van der Waals surface area contributed by atoms with Gasteiger partial charge in [-0.3, -0.25) is 0 Å². The van der Waals surface area contributed by atoms with Crippen LogP contribution in [0.1, 0.15) is 139 Å². The van der Waals surface area contributed by atoms with E-state index in [1.54, 1.807) is 0 Å². The number of fused-ring (bicyclic) bond motifs is 18. The number of aromatic nitrogens is 2. The Balaban J connectivity index is 1.19. The van der Waals surface area contributed by atoms with Crippen molar-refractivity contribution in [2.24, 2.45) is 9.98 Å². The largest absolute Gasteiger partial charge is 0.592 e. The van der Waals surface area contributed by atoms with Gasteiger partial charge in [0.1, 0.15) is 0 Å². The third kappa shape index (κ3) is 6.90. The fraction of sp³-hybridized carbons (Fsp3) is 0.235. The number of hydrogen-bond acceptors (Lipinski definition) is 4. The highest BCUT2D eigenvalue weighted by Gasteiger charge is 2.45. The first kappa shape index (κ1) is 46.1. The number of benzene rings is 8. The van der Waals surface area contributed by atoms with Crippen molar-refractivity contribution in [2.45, 2.75) is 105 Å². The number of aliphatic imine (C=N–C) groups is 2. The molecule has 0 saturated carbocycles. The summed E-state index contributed by atoms with van der Waals surface area (Å²) >= 11 is 0. The molecule has 0 amide bonds. The SMILES string of the molecule is CC(C)(C)c1ccc2cc3c(cc2c1)C1=Cc2c4cc5ccc(C(C)(C)C)cc5cc4c4n2[Si](O)(O)n2c(c5cc6ccc(C(C)(C)C)cc6cc5c2=CC3=N1)=CC1=NC(=C4)c2cc3ccc(C(C)(C)C)cc3cc21. The van der Waals surface area contributed by atoms with E-state index in [1.165, 1.54) is 22.3 Å². The summed E-state index contributed by atoms with van der Waals surface area (Å²) in [6, 6.07) is 45.3. The van der Waals surface area contributed by atoms with Crippen molar-refractivity contribution >= 4 is 121 Å². The van der Waals surface area contributed by atoms with Crippen LogP contribution in [-0.2, 0) is 21.7 Å². The van der Waals surface area contributed by atoms with Crippen LogP contribution in [0.2, 0.25) is 0 Å². The summed E-state index contributed by atoms with van der Waals surface area (Å²) in [4.78, 5) is 39.4. The fourth-order valence-electron chi connectivity index (χ4n) is 12.3. The summed E-state index contributed by atoms with van der Waals surface area (Å²) in [6.07, 6.45) is 8.49. The quantitative estimate of drug-likeness (QED) is 0.149. The van der Waals surface area contributed by atoms with Crippen molar-refractivity contribution in [3.63, 3.8) is 0 Å². The maximum absolute atomic E-state index is 14.1. The second-order valence-electron chi connectivity index (χ2n) is 26.0. The minimum absolute atomic E-state index is 0.0343. The minimum Gasteiger partial charge on any atom is -0.377 e. The molecule has 75 heavy (non-hydrogen) atoms. The highest BCUT2D eigenvalue weighted by molar-refractivity contribution is 6.63. The number of rotatable bonds is 0. The van der Waals surface area contributed by atoms with E-state index >= 15 is 0 Å². The van der Waals surface area contributed by atoms with Crippen LogP contribution < -0.4 is 10.7 Å². The van der Waals surface area contributed by atoms with E-state index in [-0.39, 0.29) is 21.7 Å². The summed E-state index contributed by atoms with van der Waals surface area (Å²) < 4.78 is 3.78. The van der Waals surface area contributed by atoms with Gasteiger partial charge in [0.25, 0.3) is 0 Å². The molecule has 2 aromatic heterocycles. The van der Waals surface area contributed by atoms with E-state index in [0.717, 1.165) is 110 Å². The van der Waals surface area contributed by atoms with Crippen LogP contribution in [0.25, 0.3) is 100 Å². The lowest BCUT2D eigenvalue weighted by molar-refractivity contribution is 0.323. The first-order valence-corrected chi connectivity index (χ1v) is 28.4. The molecule has 8 aromatic carbocycles. The maximum Gasteiger partial charge on any atom is 0.592 e. The zero-order valence-electron chi connectivity index (χ0n) is 45.0. The molecule has 0 unspecified atom stereocenters. The molecule has 0 fully saturated rings. The normalized spacial score (nSPS) is 16.0. The first-order valence-electron chi connectivity index (χ1n) is 26.6. The number of hydrogen-bond donors (Lipinski definition) is 2. The molecule has 0 aliphatic carbocycles. The van der Waals surface area contributed by atoms with E-state index in [1.807, 2.05) is 8.47 Å². The Bertz CT molecular complexity index is 4580. The Kier molecular flexibility index (Phi) is 9.17. The summed E-state index contributed by atoms with van der Waals surface area (Å²) in [5, 5.41) is 13.9. The Labute approximate surface area is 439 Å². The van der Waals surface area contributed by atoms with Crippen molar-refractivity contribution in [1.82, 2.24) is 8.47 Å². The Morgan fingerprint density at radius 3 is 1.04 bits per heavy atom. The maximum atomic E-state index is 14.1. The first-order chi connectivity index (χ1) is 35.4. The molecule has 14 rings (SSSR count). The highest BCUT2D eigenvalue weighted by atomic mass is 28.4. The van der Waals surface area contributed by atoms with Gasteiger partial charge in [0.05, 0.1) is 22.8 Å². The Morgan fingerprint density at radius 1 is 0.333 bits per heavy atom. The van der Waals surface area contributed by atoms with Gasteiger partial charge in [-0.1, -0.05) is 156 Å². The second kappa shape index (κ2) is 14.9. The lowest BCUT2D eigenvalue weighted by Gasteiger charge is -2.25. The molecule has 7 heteroatoms. The third-order valence-corrected chi connectivity index (χ3v) is 18.9. The van der Waals surface area contributed by atoms with Crippen LogP contribution >= 0.6 is 0 Å². The van der Waals surface area contributed by atoms with Crippen molar-refractivity contribution < 1.29 is 9.59 Å². The van der Waals surface area contributed by atoms with E-state index < -0.39 is 8.88 Å². The molecule has 370 valence electrons. The molecular weight excluding hydrogens is 933 g/mol. The van der Waals surface area contributed by atoms with Gasteiger partial charge in [-0.25, -0.2) is 9.98 Å². The van der Waals surface area contributed by atoms with Crippen LogP contribution in [0.15, 0.2) is 131 Å². The van der Waals surface area contributed by atoms with Gasteiger partial charge in [-0.2, -0.15) is 0 Å². The Hall–Kier alpha value is -7.42. The van der Waals surface area contributed by atoms with E-state index in [4.69, 9.17) is 9.98 Å². The predicted octanol–water partition coefficient (Wildman–Crippen LogP) is 14.4. The molecule has 0 radical (unpaired) electrons. The number of nitrogens with zero attached hydrogens (tertiary/aromatic N) is 4. The van der Waals surface area contributed by atoms with Gasteiger partial charge in [-0.05, 0) is 160 Å². The van der Waals surface area contributed by atoms with E-state index in [2.05, 4.69) is 229 Å². The van der Waals surface area contributed by atoms with Crippen LogP contribution in [0.5, 0.6) is 0 Å². The van der Waals surface area contributed by atoms with Crippen LogP contribution in [-0.4, -0.2) is 38.4 Å². The van der Waals surface area contributed by atoms with Gasteiger partial charge in [0, 0.05) is 65.9 Å². The van der Waals surface area contributed by atoms with Crippen molar-refractivity contribution in [3.8, 4) is 0 Å². The van der Waals surface area contributed by atoms with Gasteiger partial charge >= 0.3 is 8.88 Å². The molecule has 0 atom stereocenters. The lowest BCUT2D eigenvalue weighted by Crippen LogP contribution is -2.60. The molecule has 6 bridgehead atoms. The molecule has 10 aromatic rings. The van der Waals surface area contributed by atoms with Crippen molar-refractivity contribution in [3.05, 3.63) is 188 Å². The third-order valence-electron chi connectivity index (χ3n) is 16.7. The van der Waals surface area contributed by atoms with Gasteiger partial charge in [-0.15, -0.1) is 0 Å². The average Bonchev–Trinajstić information content (AvgIpc) is 4.05. The second-order valence-corrected chi connectivity index (χ2v) is 28.1. The van der Waals surface area contributed by atoms with Crippen molar-refractivity contribution in [2.75, 3.05) is 0 Å². The van der Waals surface area contributed by atoms with Crippen molar-refractivity contribution in [1.29, 1.82) is 0 Å². The summed E-state index contributed by atoms with van der Waals surface area (Å²) in [7, 11) is -4.93. The zero-order valence-corrected chi connectivity index (χ0v) is 46.0. The Morgan fingerprint density at radius 2 is 0.640 bits per heavy atom. The zero-order chi connectivity index (χ0) is 52.2. The van der Waals surface area contributed by atoms with Crippen LogP contribution in [0, 0.1) is 0 Å². The monoisotopic (exact) mass is 994 g/mol. The minimum atomic E-state index is -4.93. The van der Waals surface area contributed by atoms with Crippen LogP contribution in [0.3, 0.4) is 0 Å². The standard InChI is InChI=1S/C68H62N4O2Si/c1-65(2,3)45-17-13-37-25-49-51(29-41(37)21-45)59-35-61-53-27-39-15-19-47(67(7,8)9)23-43(39)31-55(53)64-34-58-50-26-38-14-18-46(66(4,5)6)22-42(38)30-52(50)60(70-58)36-62-54-28-40-16-20-48(68(10,11)12)24-44(40)32-56(54)63(33-57(49)69-59)72(62)75(73,74)71(61)64/h13-36,73-74H,1-12H3. The summed E-state index contributed by atoms with van der Waals surface area (Å²) in [6.45, 7) is 27.0. The highest BCUT2D eigenvalue weighted by Crippen LogP contribution is 2.44. The summed E-state index contributed by atoms with van der Waals surface area (Å²) in [5.41, 5.74) is 13.3. The molecule has 4 aliphatic rings. The molecule has 6 nitrogen and oxygen atoms in total. The molecule has 2 N–H and O–H groups in total. The molecule has 0 spiro atoms.